The van der Waals surface area contributed by atoms with Crippen LogP contribution in [0, 0.1) is 0 Å². The topological polar surface area (TPSA) is 29.5 Å². The third kappa shape index (κ3) is 6.57. The van der Waals surface area contributed by atoms with E-state index in [1.54, 1.807) is 0 Å². The van der Waals surface area contributed by atoms with Gasteiger partial charge in [0.25, 0.3) is 0 Å². The molecule has 0 aromatic carbocycles. The first-order valence-corrected chi connectivity index (χ1v) is 6.49. The Hall–Kier alpha value is -0.480. The summed E-state index contributed by atoms with van der Waals surface area (Å²) in [6, 6.07) is 0. The van der Waals surface area contributed by atoms with Crippen LogP contribution >= 0.6 is 11.8 Å². The first kappa shape index (κ1) is 14.5. The van der Waals surface area contributed by atoms with Crippen LogP contribution in [0.2, 0.25) is 0 Å². The van der Waals surface area contributed by atoms with Crippen LogP contribution in [0.5, 0.6) is 0 Å². The molecule has 0 heterocycles. The van der Waals surface area contributed by atoms with Crippen molar-refractivity contribution in [3.8, 4) is 0 Å². The molecule has 0 bridgehead atoms. The van der Waals surface area contributed by atoms with Crippen molar-refractivity contribution in [3.05, 3.63) is 11.6 Å². The van der Waals surface area contributed by atoms with Crippen molar-refractivity contribution in [1.29, 1.82) is 0 Å². The Balaban J connectivity index is 4.04. The molecule has 0 aliphatic rings. The lowest BCUT2D eigenvalue weighted by Crippen LogP contribution is -2.22. The van der Waals surface area contributed by atoms with Crippen molar-refractivity contribution >= 4 is 17.7 Å². The Labute approximate surface area is 96.9 Å². The Morgan fingerprint density at radius 1 is 1.53 bits per heavy atom. The molecule has 0 rings (SSSR count). The molecule has 0 aliphatic carbocycles. The third-order valence-corrected chi connectivity index (χ3v) is 2.75. The SMILES string of the molecule is CCC(=CCN(C)CCSC)C(=O)OC. The van der Waals surface area contributed by atoms with Gasteiger partial charge >= 0.3 is 5.97 Å². The third-order valence-electron chi connectivity index (χ3n) is 2.15. The van der Waals surface area contributed by atoms with Gasteiger partial charge in [-0.1, -0.05) is 13.0 Å². The summed E-state index contributed by atoms with van der Waals surface area (Å²) in [6.07, 6.45) is 4.77. The van der Waals surface area contributed by atoms with E-state index in [1.807, 2.05) is 24.8 Å². The van der Waals surface area contributed by atoms with Crippen LogP contribution in [0.4, 0.5) is 0 Å². The fourth-order valence-electron chi connectivity index (χ4n) is 1.11. The Kier molecular flexibility index (Phi) is 8.52. The first-order valence-electron chi connectivity index (χ1n) is 5.10. The van der Waals surface area contributed by atoms with Gasteiger partial charge in [-0.05, 0) is 19.7 Å². The number of hydrogen-bond acceptors (Lipinski definition) is 4. The van der Waals surface area contributed by atoms with Gasteiger partial charge in [-0.2, -0.15) is 11.8 Å². The largest absolute Gasteiger partial charge is 0.466 e. The predicted molar refractivity (Wildman–Crippen MR) is 66.3 cm³/mol. The number of methoxy groups -OCH3 is 1. The second-order valence-corrected chi connectivity index (χ2v) is 4.32. The van der Waals surface area contributed by atoms with Gasteiger partial charge in [-0.25, -0.2) is 4.79 Å². The van der Waals surface area contributed by atoms with Crippen molar-refractivity contribution in [2.75, 3.05) is 39.3 Å². The maximum absolute atomic E-state index is 11.3. The molecule has 88 valence electrons. The molecular weight excluding hydrogens is 210 g/mol. The maximum atomic E-state index is 11.3. The molecule has 0 aromatic rings. The number of ether oxygens (including phenoxy) is 1. The minimum atomic E-state index is -0.212. The van der Waals surface area contributed by atoms with Crippen molar-refractivity contribution in [3.63, 3.8) is 0 Å². The molecule has 15 heavy (non-hydrogen) atoms. The monoisotopic (exact) mass is 231 g/mol. The van der Waals surface area contributed by atoms with Gasteiger partial charge in [0.1, 0.15) is 0 Å². The highest BCUT2D eigenvalue weighted by atomic mass is 32.2. The van der Waals surface area contributed by atoms with Crippen molar-refractivity contribution in [2.45, 2.75) is 13.3 Å². The normalized spacial score (nSPS) is 11.9. The van der Waals surface area contributed by atoms with Crippen LogP contribution in [-0.2, 0) is 9.53 Å². The minimum absolute atomic E-state index is 0.212. The van der Waals surface area contributed by atoms with E-state index in [0.717, 1.165) is 30.8 Å². The Morgan fingerprint density at radius 2 is 2.20 bits per heavy atom. The van der Waals surface area contributed by atoms with E-state index in [-0.39, 0.29) is 5.97 Å². The predicted octanol–water partition coefficient (Wildman–Crippen LogP) is 1.79. The molecule has 0 aliphatic heterocycles. The van der Waals surface area contributed by atoms with Crippen molar-refractivity contribution in [2.24, 2.45) is 0 Å². The van der Waals surface area contributed by atoms with Gasteiger partial charge in [0.15, 0.2) is 0 Å². The van der Waals surface area contributed by atoms with Gasteiger partial charge < -0.3 is 9.64 Å². The second-order valence-electron chi connectivity index (χ2n) is 3.33. The average Bonchev–Trinajstić information content (AvgIpc) is 2.26. The van der Waals surface area contributed by atoms with E-state index in [0.29, 0.717) is 0 Å². The molecule has 3 nitrogen and oxygen atoms in total. The average molecular weight is 231 g/mol. The molecule has 0 aromatic heterocycles. The Morgan fingerprint density at radius 3 is 2.67 bits per heavy atom. The lowest BCUT2D eigenvalue weighted by atomic mass is 10.2. The summed E-state index contributed by atoms with van der Waals surface area (Å²) in [5, 5.41) is 0. The zero-order valence-corrected chi connectivity index (χ0v) is 10.9. The summed E-state index contributed by atoms with van der Waals surface area (Å²) >= 11 is 1.83. The molecule has 0 saturated heterocycles. The van der Waals surface area contributed by atoms with Gasteiger partial charge in [-0.15, -0.1) is 0 Å². The highest BCUT2D eigenvalue weighted by molar-refractivity contribution is 7.98. The fourth-order valence-corrected chi connectivity index (χ4v) is 1.60. The van der Waals surface area contributed by atoms with Gasteiger partial charge in [0.2, 0.25) is 0 Å². The van der Waals surface area contributed by atoms with E-state index in [4.69, 9.17) is 0 Å². The molecule has 0 N–H and O–H groups in total. The summed E-state index contributed by atoms with van der Waals surface area (Å²) in [7, 11) is 3.47. The molecule has 0 fully saturated rings. The zero-order chi connectivity index (χ0) is 11.7. The van der Waals surface area contributed by atoms with Gasteiger partial charge in [-0.3, -0.25) is 0 Å². The smallest absolute Gasteiger partial charge is 0.333 e. The minimum Gasteiger partial charge on any atom is -0.466 e. The summed E-state index contributed by atoms with van der Waals surface area (Å²) < 4.78 is 4.69. The number of esters is 1. The molecular formula is C11H21NO2S. The van der Waals surface area contributed by atoms with Crippen molar-refractivity contribution < 1.29 is 9.53 Å². The molecule has 0 atom stereocenters. The van der Waals surface area contributed by atoms with E-state index in [2.05, 4.69) is 22.9 Å². The molecule has 0 saturated carbocycles. The fraction of sp³-hybridized carbons (Fsp3) is 0.727. The summed E-state index contributed by atoms with van der Waals surface area (Å²) in [5.74, 6) is 0.903. The van der Waals surface area contributed by atoms with Crippen LogP contribution in [0.1, 0.15) is 13.3 Å². The second kappa shape index (κ2) is 8.80. The number of nitrogens with zero attached hydrogens (tertiary/aromatic N) is 1. The van der Waals surface area contributed by atoms with Crippen molar-refractivity contribution in [1.82, 2.24) is 4.90 Å². The van der Waals surface area contributed by atoms with E-state index < -0.39 is 0 Å². The molecule has 0 spiro atoms. The summed E-state index contributed by atoms with van der Waals surface area (Å²) in [5.41, 5.74) is 0.758. The number of thioether (sulfide) groups is 1. The lowest BCUT2D eigenvalue weighted by Gasteiger charge is -2.13. The van der Waals surface area contributed by atoms with Crippen LogP contribution < -0.4 is 0 Å². The number of likely N-dealkylation sites (N-methyl/N-ethyl adjacent to an activating group) is 1. The number of hydrogen-bond donors (Lipinski definition) is 0. The lowest BCUT2D eigenvalue weighted by molar-refractivity contribution is -0.136. The van der Waals surface area contributed by atoms with Crippen LogP contribution in [-0.4, -0.2) is 50.1 Å². The first-order chi connectivity index (χ1) is 7.15. The molecule has 0 amide bonds. The maximum Gasteiger partial charge on any atom is 0.333 e. The van der Waals surface area contributed by atoms with Gasteiger partial charge in [0.05, 0.1) is 7.11 Å². The zero-order valence-electron chi connectivity index (χ0n) is 10.1. The summed E-state index contributed by atoms with van der Waals surface area (Å²) in [4.78, 5) is 13.4. The highest BCUT2D eigenvalue weighted by Gasteiger charge is 2.06. The van der Waals surface area contributed by atoms with Crippen LogP contribution in [0.15, 0.2) is 11.6 Å². The van der Waals surface area contributed by atoms with Crippen LogP contribution in [0.3, 0.4) is 0 Å². The van der Waals surface area contributed by atoms with E-state index >= 15 is 0 Å². The molecule has 0 radical (unpaired) electrons. The van der Waals surface area contributed by atoms with Crippen LogP contribution in [0.25, 0.3) is 0 Å². The van der Waals surface area contributed by atoms with Gasteiger partial charge in [0, 0.05) is 24.4 Å². The van der Waals surface area contributed by atoms with E-state index in [9.17, 15) is 4.79 Å². The number of carbonyl (C=O) groups is 1. The standard InChI is InChI=1S/C11H21NO2S/c1-5-10(11(13)14-3)6-7-12(2)8-9-15-4/h6H,5,7-9H2,1-4H3. The molecule has 0 unspecified atom stereocenters. The quantitative estimate of drug-likeness (QED) is 0.493. The highest BCUT2D eigenvalue weighted by Crippen LogP contribution is 2.03. The number of rotatable bonds is 7. The molecule has 4 heteroatoms. The summed E-state index contributed by atoms with van der Waals surface area (Å²) in [6.45, 7) is 3.80. The Bertz CT molecular complexity index is 217. The number of carbonyl (C=O) groups excluding carboxylic acids is 1. The van der Waals surface area contributed by atoms with E-state index in [1.165, 1.54) is 7.11 Å².